The first kappa shape index (κ1) is 13.8. The van der Waals surface area contributed by atoms with Gasteiger partial charge in [-0.2, -0.15) is 0 Å². The van der Waals surface area contributed by atoms with Crippen LogP contribution in [0.5, 0.6) is 5.88 Å². The smallest absolute Gasteiger partial charge is 0.232 e. The Hall–Kier alpha value is -1.65. The minimum absolute atomic E-state index is 0.0284. The van der Waals surface area contributed by atoms with Gasteiger partial charge in [0, 0.05) is 31.8 Å². The third-order valence-corrected chi connectivity index (χ3v) is 3.01. The van der Waals surface area contributed by atoms with E-state index in [1.807, 2.05) is 4.90 Å². The van der Waals surface area contributed by atoms with Gasteiger partial charge in [-0.05, 0) is 5.41 Å². The van der Waals surface area contributed by atoms with Gasteiger partial charge in [-0.25, -0.2) is 4.98 Å². The van der Waals surface area contributed by atoms with Crippen molar-refractivity contribution in [3.8, 4) is 5.88 Å². The second kappa shape index (κ2) is 5.55. The zero-order valence-electron chi connectivity index (χ0n) is 11.8. The van der Waals surface area contributed by atoms with E-state index >= 15 is 0 Å². The number of hydrogen-bond donors (Lipinski definition) is 0. The Balaban J connectivity index is 1.85. The van der Waals surface area contributed by atoms with Crippen molar-refractivity contribution >= 4 is 5.91 Å². The summed E-state index contributed by atoms with van der Waals surface area (Å²) in [5, 5.41) is 0. The van der Waals surface area contributed by atoms with Crippen LogP contribution < -0.4 is 4.74 Å². The maximum atomic E-state index is 12.1. The Labute approximate surface area is 114 Å². The van der Waals surface area contributed by atoms with Gasteiger partial charge in [0.05, 0.1) is 12.7 Å². The van der Waals surface area contributed by atoms with Gasteiger partial charge in [-0.15, -0.1) is 0 Å². The summed E-state index contributed by atoms with van der Waals surface area (Å²) >= 11 is 0. The van der Waals surface area contributed by atoms with Crippen molar-refractivity contribution in [1.29, 1.82) is 0 Å². The molecule has 0 spiro atoms. The van der Waals surface area contributed by atoms with Gasteiger partial charge in [0.15, 0.2) is 0 Å². The highest BCUT2D eigenvalue weighted by Gasteiger charge is 2.29. The first-order valence-electron chi connectivity index (χ1n) is 6.64. The van der Waals surface area contributed by atoms with Gasteiger partial charge in [0.2, 0.25) is 11.8 Å². The van der Waals surface area contributed by atoms with E-state index in [9.17, 15) is 4.79 Å². The van der Waals surface area contributed by atoms with Crippen molar-refractivity contribution in [3.05, 3.63) is 18.6 Å². The maximum absolute atomic E-state index is 12.1. The molecule has 1 amide bonds. The summed E-state index contributed by atoms with van der Waals surface area (Å²) in [7, 11) is 0. The van der Waals surface area contributed by atoms with Crippen molar-refractivity contribution in [1.82, 2.24) is 14.9 Å². The fourth-order valence-corrected chi connectivity index (χ4v) is 2.13. The van der Waals surface area contributed by atoms with Crippen LogP contribution in [0.4, 0.5) is 0 Å². The second-order valence-corrected chi connectivity index (χ2v) is 6.15. The summed E-state index contributed by atoms with van der Waals surface area (Å²) < 4.78 is 5.72. The topological polar surface area (TPSA) is 55.3 Å². The van der Waals surface area contributed by atoms with E-state index in [2.05, 4.69) is 30.7 Å². The quantitative estimate of drug-likeness (QED) is 0.835. The molecule has 1 aromatic heterocycles. The molecule has 19 heavy (non-hydrogen) atoms. The number of rotatable bonds is 3. The predicted molar refractivity (Wildman–Crippen MR) is 71.7 cm³/mol. The Morgan fingerprint density at radius 3 is 2.89 bits per heavy atom. The number of amides is 1. The maximum Gasteiger partial charge on any atom is 0.232 e. The SMILES string of the molecule is CC(C)(C)CC(=O)N1CCC(Oc2cnccn2)C1. The number of carbonyl (C=O) groups excluding carboxylic acids is 1. The molecule has 1 atom stereocenters. The highest BCUT2D eigenvalue weighted by molar-refractivity contribution is 5.77. The number of nitrogens with zero attached hydrogens (tertiary/aromatic N) is 3. The number of aromatic nitrogens is 2. The molecular weight excluding hydrogens is 242 g/mol. The summed E-state index contributed by atoms with van der Waals surface area (Å²) in [5.74, 6) is 0.732. The van der Waals surface area contributed by atoms with Crippen molar-refractivity contribution in [2.75, 3.05) is 13.1 Å². The molecule has 0 bridgehead atoms. The zero-order chi connectivity index (χ0) is 13.9. The molecule has 104 valence electrons. The second-order valence-electron chi connectivity index (χ2n) is 6.15. The van der Waals surface area contributed by atoms with Gasteiger partial charge in [-0.1, -0.05) is 20.8 Å². The predicted octanol–water partition coefficient (Wildman–Crippen LogP) is 1.89. The first-order valence-corrected chi connectivity index (χ1v) is 6.64. The van der Waals surface area contributed by atoms with Crippen LogP contribution >= 0.6 is 0 Å². The van der Waals surface area contributed by atoms with E-state index < -0.39 is 0 Å². The molecule has 1 aliphatic heterocycles. The molecule has 5 heteroatoms. The highest BCUT2D eigenvalue weighted by Crippen LogP contribution is 2.22. The van der Waals surface area contributed by atoms with Crippen molar-refractivity contribution in [2.24, 2.45) is 5.41 Å². The van der Waals surface area contributed by atoms with E-state index in [1.165, 1.54) is 0 Å². The van der Waals surface area contributed by atoms with Crippen LogP contribution in [-0.2, 0) is 4.79 Å². The summed E-state index contributed by atoms with van der Waals surface area (Å²) in [6.07, 6.45) is 6.27. The summed E-state index contributed by atoms with van der Waals surface area (Å²) in [5.41, 5.74) is 0.0287. The summed E-state index contributed by atoms with van der Waals surface area (Å²) in [6.45, 7) is 7.64. The number of carbonyl (C=O) groups is 1. The lowest BCUT2D eigenvalue weighted by molar-refractivity contribution is -0.132. The average Bonchev–Trinajstić information content (AvgIpc) is 2.77. The molecule has 1 saturated heterocycles. The standard InChI is InChI=1S/C14H21N3O2/c1-14(2,3)8-13(18)17-7-4-11(10-17)19-12-9-15-5-6-16-12/h5-6,9,11H,4,7-8,10H2,1-3H3. The molecule has 1 aliphatic rings. The number of hydrogen-bond acceptors (Lipinski definition) is 4. The van der Waals surface area contributed by atoms with Crippen LogP contribution in [0.1, 0.15) is 33.6 Å². The van der Waals surface area contributed by atoms with Crippen LogP contribution in [0.3, 0.4) is 0 Å². The van der Waals surface area contributed by atoms with E-state index in [1.54, 1.807) is 18.6 Å². The molecule has 2 rings (SSSR count). The Morgan fingerprint density at radius 2 is 2.26 bits per heavy atom. The van der Waals surface area contributed by atoms with Gasteiger partial charge in [-0.3, -0.25) is 9.78 Å². The third-order valence-electron chi connectivity index (χ3n) is 3.01. The van der Waals surface area contributed by atoms with Crippen LogP contribution in [0.15, 0.2) is 18.6 Å². The Bertz CT molecular complexity index is 428. The Morgan fingerprint density at radius 1 is 1.47 bits per heavy atom. The molecule has 0 N–H and O–H groups in total. The number of likely N-dealkylation sites (tertiary alicyclic amines) is 1. The molecular formula is C14H21N3O2. The van der Waals surface area contributed by atoms with Gasteiger partial charge >= 0.3 is 0 Å². The van der Waals surface area contributed by atoms with Crippen molar-refractivity contribution in [2.45, 2.75) is 39.7 Å². The average molecular weight is 263 g/mol. The van der Waals surface area contributed by atoms with Crippen LogP contribution in [0, 0.1) is 5.41 Å². The van der Waals surface area contributed by atoms with Crippen LogP contribution in [-0.4, -0.2) is 40.0 Å². The van der Waals surface area contributed by atoms with Crippen molar-refractivity contribution in [3.63, 3.8) is 0 Å². The van der Waals surface area contributed by atoms with Gasteiger partial charge in [0.25, 0.3) is 0 Å². The first-order chi connectivity index (χ1) is 8.94. The largest absolute Gasteiger partial charge is 0.471 e. The lowest BCUT2D eigenvalue weighted by atomic mass is 9.92. The fraction of sp³-hybridized carbons (Fsp3) is 0.643. The molecule has 1 aromatic rings. The summed E-state index contributed by atoms with van der Waals surface area (Å²) in [6, 6.07) is 0. The Kier molecular flexibility index (Phi) is 4.02. The van der Waals surface area contributed by atoms with E-state index in [-0.39, 0.29) is 17.4 Å². The van der Waals surface area contributed by atoms with E-state index in [0.717, 1.165) is 13.0 Å². The molecule has 2 heterocycles. The normalized spacial score (nSPS) is 19.5. The molecule has 0 saturated carbocycles. The van der Waals surface area contributed by atoms with Crippen molar-refractivity contribution < 1.29 is 9.53 Å². The van der Waals surface area contributed by atoms with E-state index in [4.69, 9.17) is 4.74 Å². The van der Waals surface area contributed by atoms with Gasteiger partial charge < -0.3 is 9.64 Å². The molecule has 5 nitrogen and oxygen atoms in total. The highest BCUT2D eigenvalue weighted by atomic mass is 16.5. The molecule has 1 fully saturated rings. The minimum Gasteiger partial charge on any atom is -0.471 e. The minimum atomic E-state index is 0.0284. The van der Waals surface area contributed by atoms with Crippen LogP contribution in [0.25, 0.3) is 0 Å². The molecule has 0 aromatic carbocycles. The number of ether oxygens (including phenoxy) is 1. The third kappa shape index (κ3) is 4.19. The van der Waals surface area contributed by atoms with E-state index in [0.29, 0.717) is 18.8 Å². The van der Waals surface area contributed by atoms with Crippen LogP contribution in [0.2, 0.25) is 0 Å². The molecule has 1 unspecified atom stereocenters. The fourth-order valence-electron chi connectivity index (χ4n) is 2.13. The zero-order valence-corrected chi connectivity index (χ0v) is 11.8. The lowest BCUT2D eigenvalue weighted by Crippen LogP contribution is -2.33. The summed E-state index contributed by atoms with van der Waals surface area (Å²) in [4.78, 5) is 22.0. The molecule has 0 aliphatic carbocycles. The van der Waals surface area contributed by atoms with Gasteiger partial charge in [0.1, 0.15) is 6.10 Å². The molecule has 0 radical (unpaired) electrons. The lowest BCUT2D eigenvalue weighted by Gasteiger charge is -2.22. The monoisotopic (exact) mass is 263 g/mol.